The first-order valence-electron chi connectivity index (χ1n) is 9.99. The Morgan fingerprint density at radius 1 is 0.857 bits per heavy atom. The monoisotopic (exact) mass is 378 g/mol. The van der Waals surface area contributed by atoms with Gasteiger partial charge < -0.3 is 9.90 Å². The summed E-state index contributed by atoms with van der Waals surface area (Å²) in [4.78, 5) is 14.4. The summed E-state index contributed by atoms with van der Waals surface area (Å²) >= 11 is 0. The van der Waals surface area contributed by atoms with Crippen LogP contribution >= 0.6 is 0 Å². The van der Waals surface area contributed by atoms with E-state index in [0.29, 0.717) is 13.1 Å². The Balaban J connectivity index is 2.31. The summed E-state index contributed by atoms with van der Waals surface area (Å²) in [5.74, 6) is -0.872. The minimum Gasteiger partial charge on any atom is -0.538 e. The molecule has 2 aromatic carbocycles. The fraction of sp³-hybridized carbons (Fsp3) is 0.417. The van der Waals surface area contributed by atoms with Gasteiger partial charge in [-0.1, -0.05) is 35.4 Å². The van der Waals surface area contributed by atoms with Gasteiger partial charge in [-0.25, -0.2) is 9.48 Å². The van der Waals surface area contributed by atoms with Crippen molar-refractivity contribution in [3.05, 3.63) is 57.6 Å². The molecule has 0 aromatic heterocycles. The molecule has 3 rings (SSSR count). The zero-order chi connectivity index (χ0) is 20.6. The van der Waals surface area contributed by atoms with Crippen molar-refractivity contribution < 1.29 is 14.5 Å². The molecule has 1 aliphatic rings. The second-order valence-electron chi connectivity index (χ2n) is 8.12. The normalized spacial score (nSPS) is 15.0. The number of anilines is 1. The Kier molecular flexibility index (Phi) is 5.59. The van der Waals surface area contributed by atoms with E-state index in [9.17, 15) is 9.90 Å². The second-order valence-corrected chi connectivity index (χ2v) is 8.12. The molecule has 0 bridgehead atoms. The molecule has 2 aromatic rings. The first-order chi connectivity index (χ1) is 13.2. The predicted octanol–water partition coefficient (Wildman–Crippen LogP) is 3.63. The molecule has 28 heavy (non-hydrogen) atoms. The van der Waals surface area contributed by atoms with Crippen molar-refractivity contribution in [2.45, 2.75) is 54.4 Å². The zero-order valence-electron chi connectivity index (χ0n) is 17.8. The summed E-state index contributed by atoms with van der Waals surface area (Å²) in [6, 6.07) is 8.47. The number of carbonyl (C=O) groups excluding carboxylic acids is 1. The summed E-state index contributed by atoms with van der Waals surface area (Å²) in [5, 5.41) is 12.4. The molecule has 0 radical (unpaired) electrons. The quantitative estimate of drug-likeness (QED) is 0.766. The van der Waals surface area contributed by atoms with E-state index in [-0.39, 0.29) is 5.84 Å². The summed E-state index contributed by atoms with van der Waals surface area (Å²) in [5.41, 5.74) is 8.71. The molecule has 0 spiro atoms. The van der Waals surface area contributed by atoms with E-state index < -0.39 is 5.97 Å². The molecule has 0 atom stereocenters. The molecular formula is C24H30N2O2. The molecule has 0 aliphatic carbocycles. The molecule has 0 N–H and O–H groups in total. The lowest BCUT2D eigenvalue weighted by atomic mass is 10.0. The van der Waals surface area contributed by atoms with E-state index in [1.165, 1.54) is 11.1 Å². The van der Waals surface area contributed by atoms with Crippen LogP contribution in [0, 0.1) is 41.5 Å². The van der Waals surface area contributed by atoms with Crippen molar-refractivity contribution in [1.29, 1.82) is 0 Å². The van der Waals surface area contributed by atoms with Gasteiger partial charge in [0.25, 0.3) is 0 Å². The SMILES string of the molecule is Cc1cc(C)c(N2CCCC[N+](c3c(C)cc(C)cc3C)=C2C(=O)[O-])c(C)c1. The maximum absolute atomic E-state index is 12.4. The molecule has 0 saturated heterocycles. The lowest BCUT2D eigenvalue weighted by Crippen LogP contribution is -2.49. The van der Waals surface area contributed by atoms with Crippen LogP contribution < -0.4 is 10.0 Å². The Morgan fingerprint density at radius 2 is 1.36 bits per heavy atom. The van der Waals surface area contributed by atoms with Crippen molar-refractivity contribution in [1.82, 2.24) is 0 Å². The largest absolute Gasteiger partial charge is 0.538 e. The van der Waals surface area contributed by atoms with Crippen LogP contribution in [0.15, 0.2) is 24.3 Å². The molecule has 0 unspecified atom stereocenters. The fourth-order valence-electron chi connectivity index (χ4n) is 4.75. The van der Waals surface area contributed by atoms with Gasteiger partial charge in [0, 0.05) is 0 Å². The Labute approximate surface area is 168 Å². The molecule has 148 valence electrons. The van der Waals surface area contributed by atoms with Crippen LogP contribution in [-0.4, -0.2) is 29.5 Å². The minimum absolute atomic E-state index is 0.252. The summed E-state index contributed by atoms with van der Waals surface area (Å²) in [6.45, 7) is 13.7. The van der Waals surface area contributed by atoms with Crippen molar-refractivity contribution in [3.8, 4) is 0 Å². The Bertz CT molecular complexity index is 927. The number of aryl methyl sites for hydroxylation is 6. The topological polar surface area (TPSA) is 46.4 Å². The number of aliphatic carboxylic acids is 1. The highest BCUT2D eigenvalue weighted by Crippen LogP contribution is 2.31. The average Bonchev–Trinajstić information content (AvgIpc) is 2.76. The molecule has 0 amide bonds. The number of benzene rings is 2. The highest BCUT2D eigenvalue weighted by atomic mass is 16.4. The first kappa shape index (κ1) is 20.1. The summed E-state index contributed by atoms with van der Waals surface area (Å²) in [6.07, 6.45) is 1.87. The van der Waals surface area contributed by atoms with Gasteiger partial charge in [0.05, 0.1) is 13.1 Å². The maximum Gasteiger partial charge on any atom is 0.305 e. The van der Waals surface area contributed by atoms with Crippen LogP contribution in [0.5, 0.6) is 0 Å². The number of carboxylic acid groups (broad SMARTS) is 1. The molecule has 1 heterocycles. The van der Waals surface area contributed by atoms with E-state index in [4.69, 9.17) is 0 Å². The standard InChI is InChI=1S/C24H30N2O2/c1-15-11-17(3)21(18(4)12-15)25-9-7-8-10-26(23(25)24(27)28)22-19(5)13-16(2)14-20(22)6/h11-14H,7-10H2,1-6H3. The lowest BCUT2D eigenvalue weighted by Gasteiger charge is -2.24. The van der Waals surface area contributed by atoms with Gasteiger partial charge in [0.15, 0.2) is 5.97 Å². The fourth-order valence-corrected chi connectivity index (χ4v) is 4.75. The molecule has 4 heteroatoms. The van der Waals surface area contributed by atoms with Gasteiger partial charge in [-0.2, -0.15) is 0 Å². The van der Waals surface area contributed by atoms with Crippen LogP contribution in [0.25, 0.3) is 0 Å². The maximum atomic E-state index is 12.4. The van der Waals surface area contributed by atoms with E-state index in [2.05, 4.69) is 65.8 Å². The summed E-state index contributed by atoms with van der Waals surface area (Å²) < 4.78 is 1.96. The second kappa shape index (κ2) is 7.78. The number of rotatable bonds is 3. The summed E-state index contributed by atoms with van der Waals surface area (Å²) in [7, 11) is 0. The van der Waals surface area contributed by atoms with Crippen molar-refractivity contribution in [2.75, 3.05) is 18.0 Å². The predicted molar refractivity (Wildman–Crippen MR) is 113 cm³/mol. The molecule has 4 nitrogen and oxygen atoms in total. The van der Waals surface area contributed by atoms with Gasteiger partial charge in [-0.15, -0.1) is 0 Å². The van der Waals surface area contributed by atoms with E-state index >= 15 is 0 Å². The third-order valence-electron chi connectivity index (χ3n) is 5.52. The minimum atomic E-state index is -1.12. The van der Waals surface area contributed by atoms with E-state index in [1.807, 2.05) is 9.48 Å². The van der Waals surface area contributed by atoms with Crippen molar-refractivity contribution >= 4 is 23.2 Å². The van der Waals surface area contributed by atoms with E-state index in [0.717, 1.165) is 46.5 Å². The smallest absolute Gasteiger partial charge is 0.305 e. The number of carboxylic acids is 1. The van der Waals surface area contributed by atoms with Crippen LogP contribution in [0.4, 0.5) is 11.4 Å². The number of hydrogen-bond acceptors (Lipinski definition) is 3. The number of nitrogens with zero attached hydrogens (tertiary/aromatic N) is 2. The van der Waals surface area contributed by atoms with Gasteiger partial charge in [-0.05, 0) is 76.6 Å². The van der Waals surface area contributed by atoms with Gasteiger partial charge in [0.2, 0.25) is 0 Å². The van der Waals surface area contributed by atoms with Crippen LogP contribution in [0.1, 0.15) is 46.2 Å². The highest BCUT2D eigenvalue weighted by Gasteiger charge is 2.33. The van der Waals surface area contributed by atoms with E-state index in [1.54, 1.807) is 0 Å². The Hall–Kier alpha value is -2.62. The average molecular weight is 379 g/mol. The molecule has 0 saturated carbocycles. The number of hydrogen-bond donors (Lipinski definition) is 0. The number of amidine groups is 1. The van der Waals surface area contributed by atoms with Crippen LogP contribution in [-0.2, 0) is 4.79 Å². The van der Waals surface area contributed by atoms with Gasteiger partial charge >= 0.3 is 5.84 Å². The zero-order valence-corrected chi connectivity index (χ0v) is 17.8. The third kappa shape index (κ3) is 3.68. The lowest BCUT2D eigenvalue weighted by molar-refractivity contribution is -0.445. The van der Waals surface area contributed by atoms with Gasteiger partial charge in [-0.3, -0.25) is 0 Å². The van der Waals surface area contributed by atoms with Crippen molar-refractivity contribution in [3.63, 3.8) is 0 Å². The van der Waals surface area contributed by atoms with Crippen LogP contribution in [0.3, 0.4) is 0 Å². The third-order valence-corrected chi connectivity index (χ3v) is 5.52. The Morgan fingerprint density at radius 3 is 1.86 bits per heavy atom. The highest BCUT2D eigenvalue weighted by molar-refractivity contribution is 6.37. The first-order valence-corrected chi connectivity index (χ1v) is 9.99. The number of carbonyl (C=O) groups is 1. The molecule has 0 fully saturated rings. The van der Waals surface area contributed by atoms with Gasteiger partial charge in [0.1, 0.15) is 11.4 Å². The molecule has 1 aliphatic heterocycles. The molecular weight excluding hydrogens is 348 g/mol. The van der Waals surface area contributed by atoms with Crippen molar-refractivity contribution in [2.24, 2.45) is 0 Å². The van der Waals surface area contributed by atoms with Crippen LogP contribution in [0.2, 0.25) is 0 Å².